The SMILES string of the molecule is CC(C)(S)N1CCCC1=O. The van der Waals surface area contributed by atoms with E-state index < -0.39 is 0 Å². The molecule has 0 aromatic heterocycles. The number of rotatable bonds is 1. The van der Waals surface area contributed by atoms with Crippen LogP contribution in [-0.2, 0) is 4.79 Å². The first-order valence-corrected chi connectivity index (χ1v) is 3.99. The number of thiol groups is 1. The number of hydrogen-bond donors (Lipinski definition) is 1. The molecule has 0 bridgehead atoms. The highest BCUT2D eigenvalue weighted by Gasteiger charge is 2.30. The topological polar surface area (TPSA) is 20.3 Å². The van der Waals surface area contributed by atoms with Gasteiger partial charge in [-0.3, -0.25) is 4.79 Å². The highest BCUT2D eigenvalue weighted by molar-refractivity contribution is 7.81. The zero-order valence-electron chi connectivity index (χ0n) is 6.42. The molecule has 0 unspecified atom stereocenters. The second-order valence-corrected chi connectivity index (χ2v) is 4.24. The Morgan fingerprint density at radius 1 is 1.60 bits per heavy atom. The molecule has 58 valence electrons. The number of amides is 1. The van der Waals surface area contributed by atoms with Crippen molar-refractivity contribution in [3.05, 3.63) is 0 Å². The molecule has 2 nitrogen and oxygen atoms in total. The molecule has 0 aromatic rings. The molecule has 3 heteroatoms. The first kappa shape index (κ1) is 7.92. The normalized spacial score (nSPS) is 20.3. The van der Waals surface area contributed by atoms with E-state index in [9.17, 15) is 4.79 Å². The van der Waals surface area contributed by atoms with Gasteiger partial charge in [-0.15, -0.1) is 0 Å². The van der Waals surface area contributed by atoms with Crippen molar-refractivity contribution in [2.24, 2.45) is 0 Å². The van der Waals surface area contributed by atoms with Gasteiger partial charge in [0.15, 0.2) is 0 Å². The molecule has 0 saturated carbocycles. The molecule has 0 radical (unpaired) electrons. The Bertz CT molecular complexity index is 150. The third-order valence-electron chi connectivity index (χ3n) is 1.73. The minimum Gasteiger partial charge on any atom is -0.329 e. The van der Waals surface area contributed by atoms with Gasteiger partial charge in [0, 0.05) is 13.0 Å². The highest BCUT2D eigenvalue weighted by Crippen LogP contribution is 2.24. The summed E-state index contributed by atoms with van der Waals surface area (Å²) in [7, 11) is 0. The summed E-state index contributed by atoms with van der Waals surface area (Å²) in [4.78, 5) is 12.6. The lowest BCUT2D eigenvalue weighted by molar-refractivity contribution is -0.129. The number of carbonyl (C=O) groups excluding carboxylic acids is 1. The molecular formula is C7H13NOS. The maximum absolute atomic E-state index is 11.1. The van der Waals surface area contributed by atoms with Gasteiger partial charge >= 0.3 is 0 Å². The van der Waals surface area contributed by atoms with E-state index in [2.05, 4.69) is 12.6 Å². The summed E-state index contributed by atoms with van der Waals surface area (Å²) < 4.78 is 0. The van der Waals surface area contributed by atoms with Gasteiger partial charge in [-0.1, -0.05) is 0 Å². The predicted octanol–water partition coefficient (Wildman–Crippen LogP) is 1.27. The second-order valence-electron chi connectivity index (χ2n) is 3.14. The fourth-order valence-corrected chi connectivity index (χ4v) is 1.44. The van der Waals surface area contributed by atoms with Crippen LogP contribution < -0.4 is 0 Å². The van der Waals surface area contributed by atoms with Crippen LogP contribution in [0.25, 0.3) is 0 Å². The molecular weight excluding hydrogens is 146 g/mol. The minimum atomic E-state index is -0.270. The smallest absolute Gasteiger partial charge is 0.223 e. The van der Waals surface area contributed by atoms with Crippen molar-refractivity contribution in [2.75, 3.05) is 6.54 Å². The van der Waals surface area contributed by atoms with Crippen molar-refractivity contribution in [1.29, 1.82) is 0 Å². The molecule has 1 aliphatic heterocycles. The average molecular weight is 159 g/mol. The molecule has 0 spiro atoms. The van der Waals surface area contributed by atoms with Crippen LogP contribution in [0.1, 0.15) is 26.7 Å². The Morgan fingerprint density at radius 3 is 2.40 bits per heavy atom. The van der Waals surface area contributed by atoms with Crippen LogP contribution in [0, 0.1) is 0 Å². The van der Waals surface area contributed by atoms with E-state index in [1.807, 2.05) is 18.7 Å². The van der Waals surface area contributed by atoms with E-state index in [0.29, 0.717) is 6.42 Å². The second kappa shape index (κ2) is 2.46. The Labute approximate surface area is 67.0 Å². The molecule has 10 heavy (non-hydrogen) atoms. The first-order valence-electron chi connectivity index (χ1n) is 3.54. The van der Waals surface area contributed by atoms with Crippen LogP contribution in [0.2, 0.25) is 0 Å². The lowest BCUT2D eigenvalue weighted by Crippen LogP contribution is -2.39. The summed E-state index contributed by atoms with van der Waals surface area (Å²) in [6, 6.07) is 0. The lowest BCUT2D eigenvalue weighted by Gasteiger charge is -2.30. The summed E-state index contributed by atoms with van der Waals surface area (Å²) in [5.74, 6) is 0.236. The molecule has 0 aromatic carbocycles. The molecule has 1 saturated heterocycles. The Morgan fingerprint density at radius 2 is 2.20 bits per heavy atom. The third-order valence-corrected chi connectivity index (χ3v) is 1.98. The molecule has 0 N–H and O–H groups in total. The maximum atomic E-state index is 11.1. The summed E-state index contributed by atoms with van der Waals surface area (Å²) in [5, 5.41) is 0. The Kier molecular flexibility index (Phi) is 1.95. The van der Waals surface area contributed by atoms with Crippen molar-refractivity contribution >= 4 is 18.5 Å². The van der Waals surface area contributed by atoms with Crippen LogP contribution in [-0.4, -0.2) is 22.2 Å². The molecule has 1 rings (SSSR count). The number of hydrogen-bond acceptors (Lipinski definition) is 2. The van der Waals surface area contributed by atoms with Crippen molar-refractivity contribution in [3.63, 3.8) is 0 Å². The average Bonchev–Trinajstić information content (AvgIpc) is 2.11. The molecule has 1 aliphatic rings. The Hall–Kier alpha value is -0.180. The highest BCUT2D eigenvalue weighted by atomic mass is 32.1. The number of likely N-dealkylation sites (tertiary alicyclic amines) is 1. The largest absolute Gasteiger partial charge is 0.329 e. The van der Waals surface area contributed by atoms with Gasteiger partial charge in [0.05, 0.1) is 4.87 Å². The van der Waals surface area contributed by atoms with Crippen LogP contribution in [0.4, 0.5) is 0 Å². The monoisotopic (exact) mass is 159 g/mol. The third kappa shape index (κ3) is 1.45. The standard InChI is InChI=1S/C7H13NOS/c1-7(2,10)8-5-3-4-6(8)9/h10H,3-5H2,1-2H3. The van der Waals surface area contributed by atoms with Crippen molar-refractivity contribution in [2.45, 2.75) is 31.6 Å². The van der Waals surface area contributed by atoms with Gasteiger partial charge in [0.25, 0.3) is 0 Å². The number of nitrogens with zero attached hydrogens (tertiary/aromatic N) is 1. The van der Waals surface area contributed by atoms with E-state index in [0.717, 1.165) is 13.0 Å². The van der Waals surface area contributed by atoms with E-state index >= 15 is 0 Å². The van der Waals surface area contributed by atoms with Crippen LogP contribution in [0.15, 0.2) is 0 Å². The fourth-order valence-electron chi connectivity index (χ4n) is 1.23. The van der Waals surface area contributed by atoms with Gasteiger partial charge in [-0.2, -0.15) is 12.6 Å². The molecule has 1 fully saturated rings. The van der Waals surface area contributed by atoms with Crippen LogP contribution >= 0.6 is 12.6 Å². The lowest BCUT2D eigenvalue weighted by atomic mass is 10.3. The summed E-state index contributed by atoms with van der Waals surface area (Å²) in [6.07, 6.45) is 1.69. The summed E-state index contributed by atoms with van der Waals surface area (Å²) in [6.45, 7) is 4.76. The van der Waals surface area contributed by atoms with Gasteiger partial charge in [-0.05, 0) is 20.3 Å². The molecule has 0 atom stereocenters. The van der Waals surface area contributed by atoms with Crippen molar-refractivity contribution < 1.29 is 4.79 Å². The van der Waals surface area contributed by atoms with E-state index in [1.165, 1.54) is 0 Å². The molecule has 0 aliphatic carbocycles. The first-order chi connectivity index (χ1) is 4.52. The summed E-state index contributed by atoms with van der Waals surface area (Å²) in [5.41, 5.74) is 0. The molecule has 1 amide bonds. The van der Waals surface area contributed by atoms with Gasteiger partial charge < -0.3 is 4.90 Å². The van der Waals surface area contributed by atoms with Crippen molar-refractivity contribution in [1.82, 2.24) is 4.90 Å². The Balaban J connectivity index is 2.64. The van der Waals surface area contributed by atoms with Gasteiger partial charge in [0.2, 0.25) is 5.91 Å². The zero-order valence-corrected chi connectivity index (χ0v) is 7.32. The zero-order chi connectivity index (χ0) is 7.78. The van der Waals surface area contributed by atoms with Crippen LogP contribution in [0.3, 0.4) is 0 Å². The summed E-state index contributed by atoms with van der Waals surface area (Å²) >= 11 is 4.31. The fraction of sp³-hybridized carbons (Fsp3) is 0.857. The predicted molar refractivity (Wildman–Crippen MR) is 44.0 cm³/mol. The van der Waals surface area contributed by atoms with Gasteiger partial charge in [-0.25, -0.2) is 0 Å². The van der Waals surface area contributed by atoms with E-state index in [1.54, 1.807) is 0 Å². The number of carbonyl (C=O) groups is 1. The van der Waals surface area contributed by atoms with Crippen LogP contribution in [0.5, 0.6) is 0 Å². The molecule has 1 heterocycles. The minimum absolute atomic E-state index is 0.236. The quantitative estimate of drug-likeness (QED) is 0.571. The maximum Gasteiger partial charge on any atom is 0.223 e. The van der Waals surface area contributed by atoms with Crippen molar-refractivity contribution in [3.8, 4) is 0 Å². The van der Waals surface area contributed by atoms with Gasteiger partial charge in [0.1, 0.15) is 0 Å². The van der Waals surface area contributed by atoms with E-state index in [4.69, 9.17) is 0 Å². The van der Waals surface area contributed by atoms with E-state index in [-0.39, 0.29) is 10.8 Å².